The fourth-order valence-electron chi connectivity index (χ4n) is 4.17. The van der Waals surface area contributed by atoms with Crippen LogP contribution in [0.2, 0.25) is 0 Å². The molecule has 1 aliphatic rings. The van der Waals surface area contributed by atoms with Crippen LogP contribution in [-0.2, 0) is 6.54 Å². The summed E-state index contributed by atoms with van der Waals surface area (Å²) in [6.07, 6.45) is 2.06. The Balaban J connectivity index is 1.73. The number of methoxy groups -OCH3 is 2. The van der Waals surface area contributed by atoms with Crippen molar-refractivity contribution >= 4 is 11.7 Å². The number of aryl methyl sites for hydroxylation is 2. The van der Waals surface area contributed by atoms with Gasteiger partial charge in [0.25, 0.3) is 0 Å². The predicted molar refractivity (Wildman–Crippen MR) is 117 cm³/mol. The molecule has 1 aliphatic heterocycles. The highest BCUT2D eigenvalue weighted by molar-refractivity contribution is 5.91. The highest BCUT2D eigenvalue weighted by Gasteiger charge is 2.33. The Kier molecular flexibility index (Phi) is 5.40. The van der Waals surface area contributed by atoms with E-state index >= 15 is 0 Å². The van der Waals surface area contributed by atoms with Gasteiger partial charge in [0.1, 0.15) is 0 Å². The number of carbonyl (C=O) groups excluding carboxylic acids is 1. The minimum atomic E-state index is -0.224. The third-order valence-electron chi connectivity index (χ3n) is 5.74. The van der Waals surface area contributed by atoms with Crippen LogP contribution in [0.25, 0.3) is 0 Å². The first kappa shape index (κ1) is 19.9. The summed E-state index contributed by atoms with van der Waals surface area (Å²) in [5.41, 5.74) is 5.02. The second-order valence-corrected chi connectivity index (χ2v) is 7.53. The zero-order chi connectivity index (χ0) is 21.3. The molecule has 0 spiro atoms. The Hall–Kier alpha value is -3.41. The number of nitrogens with zero attached hydrogens (tertiary/aromatic N) is 2. The van der Waals surface area contributed by atoms with Gasteiger partial charge < -0.3 is 24.3 Å². The number of anilines is 1. The number of hydrogen-bond donors (Lipinski definition) is 1. The van der Waals surface area contributed by atoms with Gasteiger partial charge in [-0.2, -0.15) is 0 Å². The van der Waals surface area contributed by atoms with Gasteiger partial charge in [0, 0.05) is 30.7 Å². The molecular formula is C24H27N3O3. The summed E-state index contributed by atoms with van der Waals surface area (Å²) in [5, 5.41) is 3.14. The maximum Gasteiger partial charge on any atom is 0.322 e. The summed E-state index contributed by atoms with van der Waals surface area (Å²) >= 11 is 0. The number of rotatable bonds is 4. The molecule has 6 heteroatoms. The second kappa shape index (κ2) is 8.14. The summed E-state index contributed by atoms with van der Waals surface area (Å²) in [5.74, 6) is 1.31. The fourth-order valence-corrected chi connectivity index (χ4v) is 4.17. The van der Waals surface area contributed by atoms with Crippen LogP contribution >= 0.6 is 0 Å². The van der Waals surface area contributed by atoms with E-state index < -0.39 is 0 Å². The second-order valence-electron chi connectivity index (χ2n) is 7.53. The lowest BCUT2D eigenvalue weighted by atomic mass is 9.99. The molecule has 1 aromatic heterocycles. The van der Waals surface area contributed by atoms with Crippen LogP contribution < -0.4 is 14.8 Å². The number of urea groups is 1. The molecule has 2 aromatic carbocycles. The average Bonchev–Trinajstić information content (AvgIpc) is 3.24. The van der Waals surface area contributed by atoms with Gasteiger partial charge in [-0.25, -0.2) is 4.79 Å². The van der Waals surface area contributed by atoms with E-state index in [1.807, 2.05) is 61.2 Å². The number of fused-ring (bicyclic) bond motifs is 1. The Morgan fingerprint density at radius 3 is 2.40 bits per heavy atom. The minimum Gasteiger partial charge on any atom is -0.493 e. The van der Waals surface area contributed by atoms with Gasteiger partial charge in [-0.3, -0.25) is 0 Å². The van der Waals surface area contributed by atoms with Crippen molar-refractivity contribution < 1.29 is 14.3 Å². The maximum absolute atomic E-state index is 13.4. The molecule has 2 amide bonds. The third-order valence-corrected chi connectivity index (χ3v) is 5.74. The van der Waals surface area contributed by atoms with E-state index in [-0.39, 0.29) is 12.1 Å². The summed E-state index contributed by atoms with van der Waals surface area (Å²) in [6.45, 7) is 5.38. The third kappa shape index (κ3) is 3.49. The van der Waals surface area contributed by atoms with Crippen molar-refractivity contribution in [1.29, 1.82) is 0 Å². The van der Waals surface area contributed by atoms with Crippen LogP contribution in [0.5, 0.6) is 11.5 Å². The topological polar surface area (TPSA) is 55.7 Å². The van der Waals surface area contributed by atoms with Gasteiger partial charge in [-0.1, -0.05) is 24.3 Å². The first-order chi connectivity index (χ1) is 14.5. The van der Waals surface area contributed by atoms with E-state index in [1.165, 1.54) is 0 Å². The number of nitrogens with one attached hydrogen (secondary N) is 1. The highest BCUT2D eigenvalue weighted by Crippen LogP contribution is 2.37. The van der Waals surface area contributed by atoms with Gasteiger partial charge in [0.05, 0.1) is 20.3 Å². The number of para-hydroxylation sites is 1. The van der Waals surface area contributed by atoms with E-state index in [9.17, 15) is 4.79 Å². The van der Waals surface area contributed by atoms with Crippen molar-refractivity contribution in [1.82, 2.24) is 9.47 Å². The lowest BCUT2D eigenvalue weighted by Gasteiger charge is -2.37. The van der Waals surface area contributed by atoms with E-state index in [0.717, 1.165) is 34.6 Å². The molecule has 6 nitrogen and oxygen atoms in total. The molecule has 0 aliphatic carbocycles. The largest absolute Gasteiger partial charge is 0.493 e. The molecule has 0 saturated heterocycles. The molecule has 4 rings (SSSR count). The molecule has 30 heavy (non-hydrogen) atoms. The van der Waals surface area contributed by atoms with Crippen molar-refractivity contribution in [2.75, 3.05) is 26.1 Å². The number of benzene rings is 2. The predicted octanol–water partition coefficient (Wildman–Crippen LogP) is 4.76. The lowest BCUT2D eigenvalue weighted by Crippen LogP contribution is -2.44. The van der Waals surface area contributed by atoms with E-state index in [1.54, 1.807) is 14.2 Å². The quantitative estimate of drug-likeness (QED) is 0.681. The van der Waals surface area contributed by atoms with Crippen LogP contribution in [0, 0.1) is 13.8 Å². The van der Waals surface area contributed by atoms with Gasteiger partial charge in [-0.05, 0) is 54.8 Å². The highest BCUT2D eigenvalue weighted by atomic mass is 16.5. The Bertz CT molecular complexity index is 1050. The number of ether oxygens (including phenoxy) is 2. The standard InChI is InChI=1S/C24H27N3O3/c1-16-7-5-8-17(2)22(16)25-24(28)27-14-13-26-12-6-9-19(26)23(27)18-10-11-20(29-3)21(15-18)30-4/h5-12,15,23H,13-14H2,1-4H3,(H,25,28). The lowest BCUT2D eigenvalue weighted by molar-refractivity contribution is 0.181. The monoisotopic (exact) mass is 405 g/mol. The Morgan fingerprint density at radius 2 is 1.70 bits per heavy atom. The van der Waals surface area contributed by atoms with Crippen LogP contribution in [0.15, 0.2) is 54.7 Å². The van der Waals surface area contributed by atoms with Gasteiger partial charge in [0.15, 0.2) is 11.5 Å². The average molecular weight is 405 g/mol. The number of hydrogen-bond acceptors (Lipinski definition) is 3. The Morgan fingerprint density at radius 1 is 0.967 bits per heavy atom. The normalized spacial score (nSPS) is 15.5. The molecule has 2 heterocycles. The van der Waals surface area contributed by atoms with E-state index in [2.05, 4.69) is 22.1 Å². The smallest absolute Gasteiger partial charge is 0.322 e. The van der Waals surface area contributed by atoms with Gasteiger partial charge >= 0.3 is 6.03 Å². The molecule has 156 valence electrons. The summed E-state index contributed by atoms with van der Waals surface area (Å²) in [4.78, 5) is 15.3. The number of carbonyl (C=O) groups is 1. The molecule has 1 atom stereocenters. The molecular weight excluding hydrogens is 378 g/mol. The van der Waals surface area contributed by atoms with Crippen LogP contribution in [0.1, 0.15) is 28.4 Å². The summed E-state index contributed by atoms with van der Waals surface area (Å²) in [6, 6.07) is 15.6. The van der Waals surface area contributed by atoms with Gasteiger partial charge in [-0.15, -0.1) is 0 Å². The van der Waals surface area contributed by atoms with Gasteiger partial charge in [0.2, 0.25) is 0 Å². The van der Waals surface area contributed by atoms with E-state index in [4.69, 9.17) is 9.47 Å². The molecule has 1 unspecified atom stereocenters. The summed E-state index contributed by atoms with van der Waals surface area (Å²) < 4.78 is 13.1. The van der Waals surface area contributed by atoms with Crippen LogP contribution in [-0.4, -0.2) is 36.3 Å². The fraction of sp³-hybridized carbons (Fsp3) is 0.292. The van der Waals surface area contributed by atoms with Crippen LogP contribution in [0.3, 0.4) is 0 Å². The van der Waals surface area contributed by atoms with Crippen LogP contribution in [0.4, 0.5) is 10.5 Å². The minimum absolute atomic E-state index is 0.111. The first-order valence-electron chi connectivity index (χ1n) is 10.0. The molecule has 0 radical (unpaired) electrons. The zero-order valence-electron chi connectivity index (χ0n) is 17.8. The molecule has 1 N–H and O–H groups in total. The molecule has 3 aromatic rings. The zero-order valence-corrected chi connectivity index (χ0v) is 17.8. The van der Waals surface area contributed by atoms with Crippen molar-refractivity contribution in [3.63, 3.8) is 0 Å². The Labute approximate surface area is 177 Å². The van der Waals surface area contributed by atoms with E-state index in [0.29, 0.717) is 18.0 Å². The van der Waals surface area contributed by atoms with Crippen molar-refractivity contribution in [3.05, 3.63) is 77.1 Å². The first-order valence-corrected chi connectivity index (χ1v) is 10.0. The SMILES string of the molecule is COc1ccc(C2c3cccn3CCN2C(=O)Nc2c(C)cccc2C)cc1OC. The summed E-state index contributed by atoms with van der Waals surface area (Å²) in [7, 11) is 3.24. The van der Waals surface area contributed by atoms with Crippen molar-refractivity contribution in [2.24, 2.45) is 0 Å². The molecule has 0 fully saturated rings. The van der Waals surface area contributed by atoms with Crippen molar-refractivity contribution in [3.8, 4) is 11.5 Å². The van der Waals surface area contributed by atoms with Crippen molar-refractivity contribution in [2.45, 2.75) is 26.4 Å². The maximum atomic E-state index is 13.4. The molecule has 0 bridgehead atoms. The molecule has 0 saturated carbocycles. The number of aromatic nitrogens is 1. The number of amides is 2.